The van der Waals surface area contributed by atoms with E-state index < -0.39 is 0 Å². The highest BCUT2D eigenvalue weighted by molar-refractivity contribution is 9.13. The average Bonchev–Trinajstić information content (AvgIpc) is 2.68. The van der Waals surface area contributed by atoms with Gasteiger partial charge in [0, 0.05) is 17.3 Å². The van der Waals surface area contributed by atoms with E-state index in [2.05, 4.69) is 61.1 Å². The third-order valence-electron chi connectivity index (χ3n) is 2.72. The summed E-state index contributed by atoms with van der Waals surface area (Å²) in [6, 6.07) is 1.81. The van der Waals surface area contributed by atoms with Crippen molar-refractivity contribution in [1.82, 2.24) is 9.97 Å². The fraction of sp³-hybridized carbons (Fsp3) is 0.333. The lowest BCUT2D eigenvalue weighted by molar-refractivity contribution is 0.549. The molecule has 0 aromatic carbocycles. The quantitative estimate of drug-likeness (QED) is 0.613. The summed E-state index contributed by atoms with van der Waals surface area (Å²) in [6.07, 6.45) is 0. The maximum atomic E-state index is 5.55. The molecule has 0 saturated carbocycles. The van der Waals surface area contributed by atoms with Gasteiger partial charge in [0.05, 0.1) is 4.47 Å². The molecule has 0 fully saturated rings. The molecule has 102 valence electrons. The zero-order chi connectivity index (χ0) is 14.2. The lowest BCUT2D eigenvalue weighted by Gasteiger charge is -2.14. The molecule has 2 aromatic heterocycles. The highest BCUT2D eigenvalue weighted by Crippen LogP contribution is 2.33. The van der Waals surface area contributed by atoms with Gasteiger partial charge in [-0.3, -0.25) is 0 Å². The Morgan fingerprint density at radius 2 is 2.00 bits per heavy atom. The minimum absolute atomic E-state index is 0.287. The molecule has 0 amide bonds. The highest BCUT2D eigenvalue weighted by atomic mass is 79.9. The second kappa shape index (κ2) is 5.60. The van der Waals surface area contributed by atoms with Crippen molar-refractivity contribution in [3.63, 3.8) is 0 Å². The first kappa shape index (κ1) is 14.5. The number of hydrogen-bond donors (Lipinski definition) is 2. The fourth-order valence-corrected chi connectivity index (χ4v) is 2.53. The third kappa shape index (κ3) is 2.82. The van der Waals surface area contributed by atoms with Crippen LogP contribution in [0.3, 0.4) is 0 Å². The Hall–Kier alpha value is -0.920. The first-order valence-corrected chi connectivity index (χ1v) is 7.33. The second-order valence-electron chi connectivity index (χ2n) is 4.43. The summed E-state index contributed by atoms with van der Waals surface area (Å²) in [7, 11) is 0. The van der Waals surface area contributed by atoms with Gasteiger partial charge in [-0.2, -0.15) is 0 Å². The van der Waals surface area contributed by atoms with Crippen molar-refractivity contribution in [3.05, 3.63) is 26.5 Å². The summed E-state index contributed by atoms with van der Waals surface area (Å²) in [6.45, 7) is 6.09. The van der Waals surface area contributed by atoms with Crippen molar-refractivity contribution in [2.75, 3.05) is 5.43 Å². The summed E-state index contributed by atoms with van der Waals surface area (Å²) in [5.74, 6) is 7.54. The number of nitrogens with one attached hydrogen (secondary N) is 1. The lowest BCUT2D eigenvalue weighted by Crippen LogP contribution is -2.14. The van der Waals surface area contributed by atoms with Crippen LogP contribution in [0.2, 0.25) is 0 Å². The molecule has 2 heterocycles. The van der Waals surface area contributed by atoms with Crippen molar-refractivity contribution in [3.8, 4) is 11.6 Å². The second-order valence-corrected chi connectivity index (χ2v) is 6.00. The molecule has 3 N–H and O–H groups in total. The van der Waals surface area contributed by atoms with Crippen LogP contribution in [0.5, 0.6) is 0 Å². The number of rotatable bonds is 3. The largest absolute Gasteiger partial charge is 0.445 e. The average molecular weight is 390 g/mol. The minimum atomic E-state index is 0.287. The Morgan fingerprint density at radius 3 is 2.47 bits per heavy atom. The highest BCUT2D eigenvalue weighted by Gasteiger charge is 2.17. The summed E-state index contributed by atoms with van der Waals surface area (Å²) in [5.41, 5.74) is 4.53. The van der Waals surface area contributed by atoms with E-state index in [1.165, 1.54) is 0 Å². The van der Waals surface area contributed by atoms with Crippen LogP contribution in [0.1, 0.15) is 31.0 Å². The molecule has 7 heteroatoms. The topological polar surface area (TPSA) is 77.0 Å². The molecule has 0 bridgehead atoms. The molecule has 0 aliphatic carbocycles. The number of furan rings is 1. The van der Waals surface area contributed by atoms with Crippen LogP contribution < -0.4 is 11.3 Å². The van der Waals surface area contributed by atoms with Gasteiger partial charge in [0.15, 0.2) is 16.3 Å². The van der Waals surface area contributed by atoms with Gasteiger partial charge in [-0.15, -0.1) is 0 Å². The first-order valence-electron chi connectivity index (χ1n) is 5.74. The fourth-order valence-electron chi connectivity index (χ4n) is 1.95. The third-order valence-corrected chi connectivity index (χ3v) is 4.43. The van der Waals surface area contributed by atoms with Crippen LogP contribution in [0.15, 0.2) is 19.6 Å². The predicted octanol–water partition coefficient (Wildman–Crippen LogP) is 3.98. The van der Waals surface area contributed by atoms with Crippen LogP contribution in [-0.2, 0) is 0 Å². The van der Waals surface area contributed by atoms with E-state index in [1.807, 2.05) is 13.0 Å². The van der Waals surface area contributed by atoms with Gasteiger partial charge in [-0.1, -0.05) is 13.8 Å². The molecular formula is C12H14Br2N4O. The molecule has 19 heavy (non-hydrogen) atoms. The van der Waals surface area contributed by atoms with Crippen LogP contribution in [-0.4, -0.2) is 9.97 Å². The molecule has 0 radical (unpaired) electrons. The van der Waals surface area contributed by atoms with Crippen molar-refractivity contribution < 1.29 is 4.42 Å². The molecule has 0 atom stereocenters. The number of aryl methyl sites for hydroxylation is 1. The summed E-state index contributed by atoms with van der Waals surface area (Å²) in [4.78, 5) is 8.90. The van der Waals surface area contributed by atoms with Crippen LogP contribution >= 0.6 is 31.9 Å². The molecule has 0 aliphatic heterocycles. The Labute approximate surface area is 128 Å². The molecule has 2 aromatic rings. The normalized spacial score (nSPS) is 11.1. The molecular weight excluding hydrogens is 376 g/mol. The number of nitrogens with two attached hydrogens (primary N) is 1. The molecule has 0 saturated heterocycles. The van der Waals surface area contributed by atoms with Crippen LogP contribution in [0.4, 0.5) is 5.82 Å². The Balaban J connectivity index is 2.57. The minimum Gasteiger partial charge on any atom is -0.445 e. The summed E-state index contributed by atoms with van der Waals surface area (Å²) in [5, 5.41) is 0. The Morgan fingerprint density at radius 1 is 1.32 bits per heavy atom. The van der Waals surface area contributed by atoms with Gasteiger partial charge in [-0.25, -0.2) is 15.8 Å². The molecule has 5 nitrogen and oxygen atoms in total. The van der Waals surface area contributed by atoms with Crippen molar-refractivity contribution in [2.45, 2.75) is 26.7 Å². The zero-order valence-corrected chi connectivity index (χ0v) is 14.0. The molecule has 0 spiro atoms. The van der Waals surface area contributed by atoms with Crippen LogP contribution in [0.25, 0.3) is 11.6 Å². The van der Waals surface area contributed by atoms with Crippen molar-refractivity contribution >= 4 is 37.7 Å². The molecule has 0 aliphatic rings. The maximum Gasteiger partial charge on any atom is 0.198 e. The number of halogens is 2. The van der Waals surface area contributed by atoms with E-state index >= 15 is 0 Å². The summed E-state index contributed by atoms with van der Waals surface area (Å²) < 4.78 is 6.96. The van der Waals surface area contributed by atoms with E-state index in [0.29, 0.717) is 22.1 Å². The van der Waals surface area contributed by atoms with Gasteiger partial charge in [0.1, 0.15) is 5.82 Å². The van der Waals surface area contributed by atoms with E-state index in [0.717, 1.165) is 15.7 Å². The van der Waals surface area contributed by atoms with Crippen molar-refractivity contribution in [2.24, 2.45) is 5.84 Å². The Kier molecular flexibility index (Phi) is 4.27. The van der Waals surface area contributed by atoms with Gasteiger partial charge in [0.25, 0.3) is 0 Å². The van der Waals surface area contributed by atoms with E-state index in [9.17, 15) is 0 Å². The summed E-state index contributed by atoms with van der Waals surface area (Å²) >= 11 is 6.66. The number of nitrogens with zero attached hydrogens (tertiary/aromatic N) is 2. The maximum absolute atomic E-state index is 5.55. The zero-order valence-electron chi connectivity index (χ0n) is 10.8. The SMILES string of the molecule is Cc1nc(-c2cc(Br)c(Br)o2)nc(NN)c1C(C)C. The monoisotopic (exact) mass is 388 g/mol. The van der Waals surface area contributed by atoms with E-state index in [1.54, 1.807) is 0 Å². The molecule has 0 unspecified atom stereocenters. The van der Waals surface area contributed by atoms with E-state index in [4.69, 9.17) is 10.3 Å². The number of aromatic nitrogens is 2. The number of nitrogen functional groups attached to an aromatic ring is 1. The lowest BCUT2D eigenvalue weighted by atomic mass is 10.0. The number of anilines is 1. The Bertz CT molecular complexity index is 591. The van der Waals surface area contributed by atoms with Gasteiger partial charge >= 0.3 is 0 Å². The first-order chi connectivity index (χ1) is 8.93. The van der Waals surface area contributed by atoms with Gasteiger partial charge in [0.2, 0.25) is 0 Å². The predicted molar refractivity (Wildman–Crippen MR) is 81.8 cm³/mol. The number of hydrogen-bond acceptors (Lipinski definition) is 5. The van der Waals surface area contributed by atoms with Crippen molar-refractivity contribution in [1.29, 1.82) is 0 Å². The van der Waals surface area contributed by atoms with E-state index in [-0.39, 0.29) is 5.92 Å². The van der Waals surface area contributed by atoms with Gasteiger partial charge < -0.3 is 9.84 Å². The number of hydrazine groups is 1. The van der Waals surface area contributed by atoms with Crippen LogP contribution in [0, 0.1) is 6.92 Å². The van der Waals surface area contributed by atoms with Gasteiger partial charge in [-0.05, 0) is 44.7 Å². The molecule has 2 rings (SSSR count). The smallest absolute Gasteiger partial charge is 0.198 e. The standard InChI is InChI=1S/C12H14Br2N4O/c1-5(2)9-6(3)16-11(17-12(9)18-15)8-4-7(13)10(14)19-8/h4-5H,15H2,1-3H3,(H,16,17,18).